The number of thiazole rings is 1. The molecule has 0 aliphatic carbocycles. The average molecular weight is 471 g/mol. The molecule has 0 spiro atoms. The number of methoxy groups -OCH3 is 1. The molecule has 0 radical (unpaired) electrons. The van der Waals surface area contributed by atoms with E-state index in [1.165, 1.54) is 12.1 Å². The maximum atomic E-state index is 12.8. The number of fused-ring (bicyclic) bond motifs is 3. The van der Waals surface area contributed by atoms with E-state index in [0.29, 0.717) is 19.5 Å². The van der Waals surface area contributed by atoms with Crippen molar-refractivity contribution < 1.29 is 17.9 Å². The molecule has 3 heterocycles. The second kappa shape index (κ2) is 8.22. The number of alkyl halides is 3. The summed E-state index contributed by atoms with van der Waals surface area (Å²) < 4.78 is 46.8. The molecule has 2 aromatic carbocycles. The van der Waals surface area contributed by atoms with Crippen LogP contribution in [0.15, 0.2) is 53.6 Å². The van der Waals surface area contributed by atoms with Gasteiger partial charge in [0.15, 0.2) is 5.65 Å². The SMILES string of the molecule is COc1cccc(CN2Cc3c(c4sc(Cc5ccc(C(F)(F)F)cc5)nc4n3C)C=N2)c1. The third kappa shape index (κ3) is 4.20. The minimum Gasteiger partial charge on any atom is -0.497 e. The zero-order valence-electron chi connectivity index (χ0n) is 18.1. The normalized spacial score (nSPS) is 13.5. The van der Waals surface area contributed by atoms with Crippen molar-refractivity contribution in [3.63, 3.8) is 0 Å². The summed E-state index contributed by atoms with van der Waals surface area (Å²) in [6.45, 7) is 1.33. The Morgan fingerprint density at radius 3 is 2.61 bits per heavy atom. The van der Waals surface area contributed by atoms with Crippen LogP contribution in [-0.2, 0) is 32.7 Å². The molecule has 0 unspecified atom stereocenters. The van der Waals surface area contributed by atoms with E-state index >= 15 is 0 Å². The van der Waals surface area contributed by atoms with Crippen LogP contribution in [0.3, 0.4) is 0 Å². The van der Waals surface area contributed by atoms with Gasteiger partial charge in [-0.15, -0.1) is 11.3 Å². The van der Waals surface area contributed by atoms with Crippen molar-refractivity contribution in [2.45, 2.75) is 25.7 Å². The molecule has 5 rings (SSSR count). The van der Waals surface area contributed by atoms with Crippen LogP contribution in [-0.4, -0.2) is 27.9 Å². The van der Waals surface area contributed by atoms with Crippen LogP contribution in [0.2, 0.25) is 0 Å². The molecule has 2 aromatic heterocycles. The molecule has 0 saturated heterocycles. The van der Waals surface area contributed by atoms with Gasteiger partial charge in [0.2, 0.25) is 0 Å². The first-order valence-corrected chi connectivity index (χ1v) is 11.2. The Morgan fingerprint density at radius 2 is 1.88 bits per heavy atom. The fraction of sp³-hybridized carbons (Fsp3) is 0.250. The molecule has 0 bridgehead atoms. The number of nitrogens with zero attached hydrogens (tertiary/aromatic N) is 4. The first kappa shape index (κ1) is 21.5. The first-order chi connectivity index (χ1) is 15.8. The van der Waals surface area contributed by atoms with Crippen LogP contribution in [0, 0.1) is 0 Å². The zero-order chi connectivity index (χ0) is 23.2. The Bertz CT molecular complexity index is 1340. The summed E-state index contributed by atoms with van der Waals surface area (Å²) in [6.07, 6.45) is -1.96. The monoisotopic (exact) mass is 470 g/mol. The number of benzene rings is 2. The highest BCUT2D eigenvalue weighted by Gasteiger charge is 2.30. The van der Waals surface area contributed by atoms with Crippen molar-refractivity contribution in [2.75, 3.05) is 7.11 Å². The Morgan fingerprint density at radius 1 is 1.09 bits per heavy atom. The molecule has 9 heteroatoms. The van der Waals surface area contributed by atoms with Crippen molar-refractivity contribution in [3.8, 4) is 5.75 Å². The van der Waals surface area contributed by atoms with Crippen molar-refractivity contribution >= 4 is 27.9 Å². The molecular weight excluding hydrogens is 449 g/mol. The number of rotatable bonds is 5. The van der Waals surface area contributed by atoms with E-state index in [9.17, 15) is 13.2 Å². The third-order valence-electron chi connectivity index (χ3n) is 5.75. The molecule has 33 heavy (non-hydrogen) atoms. The maximum Gasteiger partial charge on any atom is 0.416 e. The standard InChI is InChI=1S/C24H21F3N4OS/c1-30-20-14-31(13-16-4-3-5-18(10-16)32-2)28-12-19(20)22-23(30)29-21(33-22)11-15-6-8-17(9-7-15)24(25,26)27/h3-10,12H,11,13-14H2,1-2H3. The minimum atomic E-state index is -4.33. The predicted octanol–water partition coefficient (Wildman–Crippen LogP) is 5.60. The lowest BCUT2D eigenvalue weighted by molar-refractivity contribution is -0.137. The summed E-state index contributed by atoms with van der Waals surface area (Å²) in [5.41, 5.74) is 4.35. The summed E-state index contributed by atoms with van der Waals surface area (Å²) in [7, 11) is 3.64. The van der Waals surface area contributed by atoms with Crippen LogP contribution < -0.4 is 4.74 Å². The number of ether oxygens (including phenoxy) is 1. The lowest BCUT2D eigenvalue weighted by Crippen LogP contribution is -2.22. The van der Waals surface area contributed by atoms with Crippen LogP contribution >= 0.6 is 11.3 Å². The minimum absolute atomic E-state index is 0.491. The highest BCUT2D eigenvalue weighted by Crippen LogP contribution is 2.34. The smallest absolute Gasteiger partial charge is 0.416 e. The van der Waals surface area contributed by atoms with E-state index in [1.807, 2.05) is 42.5 Å². The molecule has 1 aliphatic heterocycles. The average Bonchev–Trinajstić information content (AvgIpc) is 3.31. The summed E-state index contributed by atoms with van der Waals surface area (Å²) >= 11 is 1.57. The molecule has 1 aliphatic rings. The lowest BCUT2D eigenvalue weighted by Gasteiger charge is -2.23. The fourth-order valence-corrected chi connectivity index (χ4v) is 5.18. The van der Waals surface area contributed by atoms with Gasteiger partial charge in [-0.3, -0.25) is 5.01 Å². The predicted molar refractivity (Wildman–Crippen MR) is 123 cm³/mol. The summed E-state index contributed by atoms with van der Waals surface area (Å²) in [6, 6.07) is 13.2. The Balaban J connectivity index is 1.35. The topological polar surface area (TPSA) is 42.6 Å². The highest BCUT2D eigenvalue weighted by atomic mass is 32.1. The van der Waals surface area contributed by atoms with Gasteiger partial charge in [0, 0.05) is 19.0 Å². The number of aryl methyl sites for hydroxylation is 1. The quantitative estimate of drug-likeness (QED) is 0.381. The summed E-state index contributed by atoms with van der Waals surface area (Å²) in [5, 5.41) is 7.51. The van der Waals surface area contributed by atoms with Crippen molar-refractivity contribution in [3.05, 3.63) is 81.5 Å². The van der Waals surface area contributed by atoms with E-state index in [0.717, 1.165) is 55.6 Å². The number of hydrazone groups is 1. The van der Waals surface area contributed by atoms with Gasteiger partial charge in [0.05, 0.1) is 42.4 Å². The van der Waals surface area contributed by atoms with E-state index in [-0.39, 0.29) is 0 Å². The van der Waals surface area contributed by atoms with Gasteiger partial charge < -0.3 is 9.30 Å². The van der Waals surface area contributed by atoms with E-state index < -0.39 is 11.7 Å². The van der Waals surface area contributed by atoms with Gasteiger partial charge in [-0.05, 0) is 35.4 Å². The summed E-state index contributed by atoms with van der Waals surface area (Å²) in [4.78, 5) is 4.78. The van der Waals surface area contributed by atoms with Gasteiger partial charge in [-0.1, -0.05) is 24.3 Å². The number of aromatic nitrogens is 2. The summed E-state index contributed by atoms with van der Waals surface area (Å²) in [5.74, 6) is 0.818. The molecular formula is C24H21F3N4OS. The Labute approximate surface area is 192 Å². The highest BCUT2D eigenvalue weighted by molar-refractivity contribution is 7.19. The van der Waals surface area contributed by atoms with Gasteiger partial charge in [-0.25, -0.2) is 4.98 Å². The zero-order valence-corrected chi connectivity index (χ0v) is 18.9. The lowest BCUT2D eigenvalue weighted by atomic mass is 10.1. The third-order valence-corrected chi connectivity index (χ3v) is 6.83. The molecule has 4 aromatic rings. The largest absolute Gasteiger partial charge is 0.497 e. The number of hydrogen-bond acceptors (Lipinski definition) is 5. The van der Waals surface area contributed by atoms with Crippen LogP contribution in [0.25, 0.3) is 10.3 Å². The molecule has 5 nitrogen and oxygen atoms in total. The van der Waals surface area contributed by atoms with Crippen molar-refractivity contribution in [1.29, 1.82) is 0 Å². The van der Waals surface area contributed by atoms with E-state index in [2.05, 4.69) is 9.67 Å². The molecule has 0 atom stereocenters. The first-order valence-electron chi connectivity index (χ1n) is 10.4. The maximum absolute atomic E-state index is 12.8. The number of hydrogen-bond donors (Lipinski definition) is 0. The van der Waals surface area contributed by atoms with Crippen LogP contribution in [0.4, 0.5) is 13.2 Å². The van der Waals surface area contributed by atoms with Crippen molar-refractivity contribution in [1.82, 2.24) is 14.6 Å². The molecule has 0 N–H and O–H groups in total. The van der Waals surface area contributed by atoms with Crippen molar-refractivity contribution in [2.24, 2.45) is 12.1 Å². The number of halogens is 3. The Kier molecular flexibility index (Phi) is 5.36. The van der Waals surface area contributed by atoms with Crippen LogP contribution in [0.5, 0.6) is 5.75 Å². The second-order valence-electron chi connectivity index (χ2n) is 7.97. The second-order valence-corrected chi connectivity index (χ2v) is 9.05. The van der Waals surface area contributed by atoms with E-state index in [4.69, 9.17) is 9.72 Å². The molecule has 0 fully saturated rings. The van der Waals surface area contributed by atoms with Gasteiger partial charge in [0.1, 0.15) is 10.8 Å². The van der Waals surface area contributed by atoms with Crippen LogP contribution in [0.1, 0.15) is 33.0 Å². The molecule has 0 amide bonds. The van der Waals surface area contributed by atoms with Gasteiger partial charge in [0.25, 0.3) is 0 Å². The molecule has 0 saturated carbocycles. The molecule has 170 valence electrons. The fourth-order valence-electron chi connectivity index (χ4n) is 4.02. The Hall–Kier alpha value is -3.33. The van der Waals surface area contributed by atoms with Gasteiger partial charge in [-0.2, -0.15) is 18.3 Å². The van der Waals surface area contributed by atoms with E-state index in [1.54, 1.807) is 18.4 Å². The van der Waals surface area contributed by atoms with Gasteiger partial charge >= 0.3 is 6.18 Å².